The SMILES string of the molecule is COc1cc(OC)c(-c2coc3c4c(c(OC)cc3c2=O)OC(C)(C)C=C4)cc1OC. The lowest BCUT2D eigenvalue weighted by Crippen LogP contribution is -2.28. The van der Waals surface area contributed by atoms with Crippen molar-refractivity contribution in [2.24, 2.45) is 0 Å². The van der Waals surface area contributed by atoms with Gasteiger partial charge in [0.05, 0.1) is 45.0 Å². The second-order valence-electron chi connectivity index (χ2n) is 7.62. The molecular weight excluding hydrogens is 400 g/mol. The molecule has 4 rings (SSSR count). The third kappa shape index (κ3) is 3.36. The van der Waals surface area contributed by atoms with Gasteiger partial charge in [-0.1, -0.05) is 0 Å². The van der Waals surface area contributed by atoms with Crippen LogP contribution in [0.2, 0.25) is 0 Å². The maximum Gasteiger partial charge on any atom is 0.200 e. The van der Waals surface area contributed by atoms with E-state index in [9.17, 15) is 4.79 Å². The number of hydrogen-bond acceptors (Lipinski definition) is 7. The number of rotatable bonds is 5. The minimum atomic E-state index is -0.499. The highest BCUT2D eigenvalue weighted by atomic mass is 16.5. The fourth-order valence-electron chi connectivity index (χ4n) is 3.67. The molecule has 162 valence electrons. The quantitative estimate of drug-likeness (QED) is 0.589. The van der Waals surface area contributed by atoms with Crippen molar-refractivity contribution in [3.8, 4) is 39.9 Å². The van der Waals surface area contributed by atoms with Crippen molar-refractivity contribution in [3.05, 3.63) is 46.3 Å². The van der Waals surface area contributed by atoms with Crippen molar-refractivity contribution in [2.75, 3.05) is 28.4 Å². The first kappa shape index (κ1) is 20.7. The molecule has 1 aliphatic heterocycles. The van der Waals surface area contributed by atoms with Gasteiger partial charge in [-0.05, 0) is 38.1 Å². The van der Waals surface area contributed by atoms with E-state index in [-0.39, 0.29) is 5.43 Å². The topological polar surface area (TPSA) is 76.4 Å². The fourth-order valence-corrected chi connectivity index (χ4v) is 3.67. The molecule has 31 heavy (non-hydrogen) atoms. The third-order valence-corrected chi connectivity index (χ3v) is 5.25. The molecule has 1 aromatic heterocycles. The number of methoxy groups -OCH3 is 4. The first-order valence-corrected chi connectivity index (χ1v) is 9.68. The molecule has 0 saturated carbocycles. The maximum atomic E-state index is 13.5. The normalized spacial score (nSPS) is 14.0. The summed E-state index contributed by atoms with van der Waals surface area (Å²) in [6.07, 6.45) is 5.23. The van der Waals surface area contributed by atoms with Gasteiger partial charge in [0, 0.05) is 11.6 Å². The van der Waals surface area contributed by atoms with E-state index in [2.05, 4.69) is 0 Å². The van der Waals surface area contributed by atoms with Crippen LogP contribution >= 0.6 is 0 Å². The van der Waals surface area contributed by atoms with Gasteiger partial charge in [-0.2, -0.15) is 0 Å². The second kappa shape index (κ2) is 7.58. The van der Waals surface area contributed by atoms with Gasteiger partial charge < -0.3 is 28.1 Å². The summed E-state index contributed by atoms with van der Waals surface area (Å²) < 4.78 is 33.8. The van der Waals surface area contributed by atoms with Crippen LogP contribution in [-0.2, 0) is 0 Å². The number of hydrogen-bond donors (Lipinski definition) is 0. The van der Waals surface area contributed by atoms with Crippen LogP contribution in [0, 0.1) is 0 Å². The molecule has 0 saturated heterocycles. The van der Waals surface area contributed by atoms with Gasteiger partial charge in [0.25, 0.3) is 0 Å². The van der Waals surface area contributed by atoms with Crippen LogP contribution in [0.1, 0.15) is 19.4 Å². The van der Waals surface area contributed by atoms with E-state index in [0.717, 1.165) is 0 Å². The minimum absolute atomic E-state index is 0.230. The lowest BCUT2D eigenvalue weighted by Gasteiger charge is -2.29. The standard InChI is InChI=1S/C24H24O7/c1-24(2)8-7-13-22-15(10-20(29-6)23(13)31-24)21(25)16(12-30-22)14-9-18(27-4)19(28-5)11-17(14)26-3/h7-12H,1-6H3. The summed E-state index contributed by atoms with van der Waals surface area (Å²) in [6.45, 7) is 3.89. The lowest BCUT2D eigenvalue weighted by atomic mass is 9.98. The summed E-state index contributed by atoms with van der Waals surface area (Å²) in [5.41, 5.74) is 1.22. The molecule has 0 spiro atoms. The Balaban J connectivity index is 2.00. The zero-order chi connectivity index (χ0) is 22.3. The Labute approximate surface area is 179 Å². The molecule has 1 aliphatic rings. The minimum Gasteiger partial charge on any atom is -0.496 e. The summed E-state index contributed by atoms with van der Waals surface area (Å²) in [6, 6.07) is 5.01. The molecule has 0 aliphatic carbocycles. The monoisotopic (exact) mass is 424 g/mol. The summed E-state index contributed by atoms with van der Waals surface area (Å²) in [4.78, 5) is 13.5. The van der Waals surface area contributed by atoms with Gasteiger partial charge in [0.1, 0.15) is 23.2 Å². The molecule has 0 amide bonds. The predicted octanol–water partition coefficient (Wildman–Crippen LogP) is 4.68. The van der Waals surface area contributed by atoms with E-state index in [0.29, 0.717) is 56.4 Å². The van der Waals surface area contributed by atoms with Crippen LogP contribution in [0.3, 0.4) is 0 Å². The highest BCUT2D eigenvalue weighted by Gasteiger charge is 2.28. The van der Waals surface area contributed by atoms with E-state index in [1.165, 1.54) is 27.6 Å². The molecule has 2 aromatic carbocycles. The van der Waals surface area contributed by atoms with E-state index in [1.54, 1.807) is 25.3 Å². The molecule has 0 bridgehead atoms. The van der Waals surface area contributed by atoms with Gasteiger partial charge in [0.2, 0.25) is 5.43 Å². The van der Waals surface area contributed by atoms with E-state index in [4.69, 9.17) is 28.1 Å². The summed E-state index contributed by atoms with van der Waals surface area (Å²) >= 11 is 0. The Morgan fingerprint density at radius 3 is 2.10 bits per heavy atom. The first-order chi connectivity index (χ1) is 14.8. The molecule has 7 nitrogen and oxygen atoms in total. The van der Waals surface area contributed by atoms with Crippen LogP contribution in [0.5, 0.6) is 28.7 Å². The number of ether oxygens (including phenoxy) is 5. The van der Waals surface area contributed by atoms with Gasteiger partial charge >= 0.3 is 0 Å². The summed E-state index contributed by atoms with van der Waals surface area (Å²) in [5, 5.41) is 0.373. The molecule has 0 unspecified atom stereocenters. The van der Waals surface area contributed by atoms with Gasteiger partial charge in [-0.15, -0.1) is 0 Å². The first-order valence-electron chi connectivity index (χ1n) is 9.68. The van der Waals surface area contributed by atoms with Crippen molar-refractivity contribution in [3.63, 3.8) is 0 Å². The molecule has 0 fully saturated rings. The summed E-state index contributed by atoms with van der Waals surface area (Å²) in [7, 11) is 6.13. The van der Waals surface area contributed by atoms with Crippen LogP contribution in [0.4, 0.5) is 0 Å². The Morgan fingerprint density at radius 1 is 0.806 bits per heavy atom. The van der Waals surface area contributed by atoms with Crippen LogP contribution in [0.15, 0.2) is 39.7 Å². The molecule has 0 atom stereocenters. The zero-order valence-corrected chi connectivity index (χ0v) is 18.3. The Bertz CT molecular complexity index is 1250. The van der Waals surface area contributed by atoms with Crippen molar-refractivity contribution in [1.29, 1.82) is 0 Å². The van der Waals surface area contributed by atoms with Gasteiger partial charge in [0.15, 0.2) is 23.0 Å². The largest absolute Gasteiger partial charge is 0.496 e. The predicted molar refractivity (Wildman–Crippen MR) is 118 cm³/mol. The molecule has 0 N–H and O–H groups in total. The van der Waals surface area contributed by atoms with Gasteiger partial charge in [-0.3, -0.25) is 4.79 Å². The van der Waals surface area contributed by atoms with Crippen molar-refractivity contribution in [2.45, 2.75) is 19.4 Å². The second-order valence-corrected chi connectivity index (χ2v) is 7.62. The summed E-state index contributed by atoms with van der Waals surface area (Å²) in [5.74, 6) is 2.43. The van der Waals surface area contributed by atoms with Crippen LogP contribution < -0.4 is 29.1 Å². The third-order valence-electron chi connectivity index (χ3n) is 5.25. The van der Waals surface area contributed by atoms with Crippen molar-refractivity contribution < 1.29 is 28.1 Å². The average Bonchev–Trinajstić information content (AvgIpc) is 2.77. The Kier molecular flexibility index (Phi) is 5.05. The molecule has 0 radical (unpaired) electrons. The van der Waals surface area contributed by atoms with Crippen molar-refractivity contribution in [1.82, 2.24) is 0 Å². The fraction of sp³-hybridized carbons (Fsp3) is 0.292. The molecule has 3 aromatic rings. The van der Waals surface area contributed by atoms with Crippen LogP contribution in [-0.4, -0.2) is 34.0 Å². The molecular formula is C24H24O7. The highest BCUT2D eigenvalue weighted by molar-refractivity contribution is 5.94. The maximum absolute atomic E-state index is 13.5. The lowest BCUT2D eigenvalue weighted by molar-refractivity contribution is 0.152. The van der Waals surface area contributed by atoms with E-state index >= 15 is 0 Å². The Morgan fingerprint density at radius 2 is 1.45 bits per heavy atom. The number of fused-ring (bicyclic) bond motifs is 3. The molecule has 2 heterocycles. The molecule has 7 heteroatoms. The van der Waals surface area contributed by atoms with Crippen LogP contribution in [0.25, 0.3) is 28.2 Å². The Hall–Kier alpha value is -3.61. The highest BCUT2D eigenvalue weighted by Crippen LogP contribution is 2.44. The number of benzene rings is 2. The smallest absolute Gasteiger partial charge is 0.200 e. The van der Waals surface area contributed by atoms with Gasteiger partial charge in [-0.25, -0.2) is 0 Å². The van der Waals surface area contributed by atoms with E-state index in [1.807, 2.05) is 26.0 Å². The van der Waals surface area contributed by atoms with E-state index < -0.39 is 5.60 Å². The van der Waals surface area contributed by atoms with Crippen molar-refractivity contribution >= 4 is 17.0 Å². The zero-order valence-electron chi connectivity index (χ0n) is 18.3. The average molecular weight is 424 g/mol.